The van der Waals surface area contributed by atoms with Crippen LogP contribution in [0.5, 0.6) is 0 Å². The third-order valence-corrected chi connectivity index (χ3v) is 7.57. The van der Waals surface area contributed by atoms with E-state index in [1.165, 1.54) is 30.8 Å². The molecule has 1 N–H and O–H groups in total. The zero-order chi connectivity index (χ0) is 23.5. The van der Waals surface area contributed by atoms with E-state index in [-0.39, 0.29) is 22.9 Å². The minimum atomic E-state index is -3.62. The Morgan fingerprint density at radius 3 is 2.66 bits per heavy atom. The van der Waals surface area contributed by atoms with Crippen LogP contribution in [-0.4, -0.2) is 47.5 Å². The second-order valence-corrected chi connectivity index (χ2v) is 10.6. The normalized spacial score (nSPS) is 12.6. The monoisotopic (exact) mass is 472 g/mol. The van der Waals surface area contributed by atoms with E-state index in [1.54, 1.807) is 49.4 Å². The fourth-order valence-corrected chi connectivity index (χ4v) is 4.79. The van der Waals surface area contributed by atoms with Crippen molar-refractivity contribution in [3.8, 4) is 0 Å². The van der Waals surface area contributed by atoms with Crippen LogP contribution in [0, 0.1) is 0 Å². The summed E-state index contributed by atoms with van der Waals surface area (Å²) in [5.74, 6) is -0.345. The number of fused-ring (bicyclic) bond motifs is 1. The Bertz CT molecular complexity index is 1330. The van der Waals surface area contributed by atoms with E-state index in [4.69, 9.17) is 0 Å². The van der Waals surface area contributed by atoms with Crippen molar-refractivity contribution in [3.63, 3.8) is 0 Å². The van der Waals surface area contributed by atoms with Crippen LogP contribution < -0.4 is 10.9 Å². The maximum Gasteiger partial charge on any atom is 0.262 e. The standard InChI is InChI=1S/C22H24N4O4S2/c1-5-13-26-21(28)18-11-6-7-12-19(18)24-22(26)31-15(2)20(27)23-16-9-8-10-17(14-16)32(29,30)25(3)4/h5-12,14-15H,1,13H2,2-4H3,(H,23,27). The van der Waals surface area contributed by atoms with Crippen molar-refractivity contribution >= 4 is 44.3 Å². The highest BCUT2D eigenvalue weighted by Gasteiger charge is 2.21. The number of hydrogen-bond donors (Lipinski definition) is 1. The summed E-state index contributed by atoms with van der Waals surface area (Å²) in [7, 11) is -0.736. The van der Waals surface area contributed by atoms with Crippen molar-refractivity contribution in [2.45, 2.75) is 28.8 Å². The Morgan fingerprint density at radius 2 is 1.97 bits per heavy atom. The lowest BCUT2D eigenvalue weighted by Gasteiger charge is -2.16. The molecule has 1 unspecified atom stereocenters. The summed E-state index contributed by atoms with van der Waals surface area (Å²) in [5, 5.41) is 3.03. The van der Waals surface area contributed by atoms with Gasteiger partial charge in [0, 0.05) is 26.3 Å². The first-order valence-electron chi connectivity index (χ1n) is 9.75. The molecule has 1 aromatic heterocycles. The van der Waals surface area contributed by atoms with E-state index >= 15 is 0 Å². The molecule has 0 fully saturated rings. The molecule has 0 saturated carbocycles. The van der Waals surface area contributed by atoms with Crippen molar-refractivity contribution < 1.29 is 13.2 Å². The first-order valence-corrected chi connectivity index (χ1v) is 12.1. The molecule has 0 saturated heterocycles. The summed E-state index contributed by atoms with van der Waals surface area (Å²) in [4.78, 5) is 30.3. The van der Waals surface area contributed by atoms with Gasteiger partial charge >= 0.3 is 0 Å². The molecule has 1 amide bonds. The summed E-state index contributed by atoms with van der Waals surface area (Å²) in [6.45, 7) is 5.66. The molecule has 0 aliphatic heterocycles. The Labute approximate surface area is 191 Å². The lowest BCUT2D eigenvalue weighted by Crippen LogP contribution is -2.27. The SMILES string of the molecule is C=CCn1c(SC(C)C(=O)Nc2cccc(S(=O)(=O)N(C)C)c2)nc2ccccc2c1=O. The number of benzene rings is 2. The van der Waals surface area contributed by atoms with Gasteiger partial charge in [-0.2, -0.15) is 0 Å². The average molecular weight is 473 g/mol. The molecular formula is C22H24N4O4S2. The van der Waals surface area contributed by atoms with Gasteiger partial charge in [0.2, 0.25) is 15.9 Å². The maximum atomic E-state index is 12.9. The Balaban J connectivity index is 1.85. The summed E-state index contributed by atoms with van der Waals surface area (Å²) in [6.07, 6.45) is 1.60. The zero-order valence-corrected chi connectivity index (χ0v) is 19.6. The van der Waals surface area contributed by atoms with Crippen LogP contribution in [0.1, 0.15) is 6.92 Å². The number of nitrogens with zero attached hydrogens (tertiary/aromatic N) is 3. The third kappa shape index (κ3) is 4.93. The van der Waals surface area contributed by atoms with Crippen molar-refractivity contribution in [1.82, 2.24) is 13.9 Å². The van der Waals surface area contributed by atoms with Crippen molar-refractivity contribution in [3.05, 3.63) is 71.5 Å². The number of hydrogen-bond acceptors (Lipinski definition) is 6. The van der Waals surface area contributed by atoms with E-state index in [9.17, 15) is 18.0 Å². The molecule has 3 aromatic rings. The molecule has 0 aliphatic carbocycles. The van der Waals surface area contributed by atoms with Gasteiger partial charge in [-0.15, -0.1) is 6.58 Å². The maximum absolute atomic E-state index is 12.9. The van der Waals surface area contributed by atoms with E-state index < -0.39 is 15.3 Å². The summed E-state index contributed by atoms with van der Waals surface area (Å²) in [5.41, 5.74) is 0.710. The number of para-hydroxylation sites is 1. The number of amides is 1. The van der Waals surface area contributed by atoms with E-state index in [2.05, 4.69) is 16.9 Å². The average Bonchev–Trinajstić information content (AvgIpc) is 2.76. The number of rotatable bonds is 8. The predicted octanol–water partition coefficient (Wildman–Crippen LogP) is 2.95. The van der Waals surface area contributed by atoms with Gasteiger partial charge in [0.1, 0.15) is 0 Å². The van der Waals surface area contributed by atoms with Crippen molar-refractivity contribution in [2.75, 3.05) is 19.4 Å². The summed E-state index contributed by atoms with van der Waals surface area (Å²) < 4.78 is 27.3. The minimum absolute atomic E-state index is 0.0802. The van der Waals surface area contributed by atoms with Crippen LogP contribution in [-0.2, 0) is 21.4 Å². The Morgan fingerprint density at radius 1 is 1.25 bits per heavy atom. The molecule has 2 aromatic carbocycles. The number of aromatic nitrogens is 2. The van der Waals surface area contributed by atoms with Gasteiger partial charge in [0.15, 0.2) is 5.16 Å². The lowest BCUT2D eigenvalue weighted by atomic mass is 10.2. The van der Waals surface area contributed by atoms with Crippen LogP contribution in [0.15, 0.2) is 76.0 Å². The van der Waals surface area contributed by atoms with Crippen LogP contribution >= 0.6 is 11.8 Å². The Hall–Kier alpha value is -2.95. The quantitative estimate of drug-likeness (QED) is 0.307. The number of allylic oxidation sites excluding steroid dienone is 1. The smallest absolute Gasteiger partial charge is 0.262 e. The second kappa shape index (κ2) is 9.68. The lowest BCUT2D eigenvalue weighted by molar-refractivity contribution is -0.115. The van der Waals surface area contributed by atoms with Gasteiger partial charge in [-0.05, 0) is 37.3 Å². The molecule has 8 nitrogen and oxygen atoms in total. The highest BCUT2D eigenvalue weighted by atomic mass is 32.2. The fourth-order valence-electron chi connectivity index (χ4n) is 2.93. The molecule has 0 aliphatic rings. The summed E-state index contributed by atoms with van der Waals surface area (Å²) >= 11 is 1.15. The highest BCUT2D eigenvalue weighted by Crippen LogP contribution is 2.24. The molecule has 0 radical (unpaired) electrons. The third-order valence-electron chi connectivity index (χ3n) is 4.67. The van der Waals surface area contributed by atoms with Gasteiger partial charge in [-0.3, -0.25) is 14.2 Å². The van der Waals surface area contributed by atoms with E-state index in [0.29, 0.717) is 21.7 Å². The van der Waals surface area contributed by atoms with Gasteiger partial charge in [0.05, 0.1) is 21.0 Å². The Kier molecular flexibility index (Phi) is 7.17. The number of carbonyl (C=O) groups is 1. The second-order valence-electron chi connectivity index (χ2n) is 7.18. The topological polar surface area (TPSA) is 101 Å². The zero-order valence-electron chi connectivity index (χ0n) is 18.0. The van der Waals surface area contributed by atoms with Gasteiger partial charge in [0.25, 0.3) is 5.56 Å². The molecule has 3 rings (SSSR count). The summed E-state index contributed by atoms with van der Waals surface area (Å²) in [6, 6.07) is 13.1. The number of nitrogens with one attached hydrogen (secondary N) is 1. The molecule has 10 heteroatoms. The van der Waals surface area contributed by atoms with Crippen molar-refractivity contribution in [1.29, 1.82) is 0 Å². The molecule has 1 heterocycles. The molecule has 0 bridgehead atoms. The molecule has 0 spiro atoms. The number of anilines is 1. The minimum Gasteiger partial charge on any atom is -0.325 e. The molecule has 168 valence electrons. The van der Waals surface area contributed by atoms with Crippen LogP contribution in [0.4, 0.5) is 5.69 Å². The van der Waals surface area contributed by atoms with Crippen molar-refractivity contribution in [2.24, 2.45) is 0 Å². The van der Waals surface area contributed by atoms with Gasteiger partial charge in [-0.25, -0.2) is 17.7 Å². The van der Waals surface area contributed by atoms with Crippen LogP contribution in [0.2, 0.25) is 0 Å². The molecular weight excluding hydrogens is 448 g/mol. The molecule has 1 atom stereocenters. The van der Waals surface area contributed by atoms with E-state index in [0.717, 1.165) is 16.1 Å². The number of thioether (sulfide) groups is 1. The predicted molar refractivity (Wildman–Crippen MR) is 127 cm³/mol. The first kappa shape index (κ1) is 23.7. The van der Waals surface area contributed by atoms with E-state index in [1.807, 2.05) is 0 Å². The molecule has 32 heavy (non-hydrogen) atoms. The number of carbonyl (C=O) groups excluding carboxylic acids is 1. The highest BCUT2D eigenvalue weighted by molar-refractivity contribution is 8.00. The largest absolute Gasteiger partial charge is 0.325 e. The first-order chi connectivity index (χ1) is 15.1. The van der Waals surface area contributed by atoms with Gasteiger partial charge < -0.3 is 5.32 Å². The van der Waals surface area contributed by atoms with Gasteiger partial charge in [-0.1, -0.05) is 36.0 Å². The fraction of sp³-hybridized carbons (Fsp3) is 0.227. The van der Waals surface area contributed by atoms with Crippen LogP contribution in [0.3, 0.4) is 0 Å². The van der Waals surface area contributed by atoms with Crippen LogP contribution in [0.25, 0.3) is 10.9 Å². The number of sulfonamides is 1.